The van der Waals surface area contributed by atoms with Gasteiger partial charge in [0.05, 0.1) is 12.2 Å². The summed E-state index contributed by atoms with van der Waals surface area (Å²) in [5.74, 6) is 0. The van der Waals surface area contributed by atoms with Gasteiger partial charge in [-0.1, -0.05) is 11.6 Å². The van der Waals surface area contributed by atoms with Gasteiger partial charge in [0, 0.05) is 36.7 Å². The molecule has 0 atom stereocenters. The Morgan fingerprint density at radius 2 is 2.11 bits per heavy atom. The number of hydrogen-bond donors (Lipinski definition) is 0. The number of halogens is 1. The summed E-state index contributed by atoms with van der Waals surface area (Å²) >= 11 is 5.89. The van der Waals surface area contributed by atoms with Crippen molar-refractivity contribution >= 4 is 11.6 Å². The van der Waals surface area contributed by atoms with E-state index in [0.717, 1.165) is 42.7 Å². The fourth-order valence-electron chi connectivity index (χ4n) is 2.45. The van der Waals surface area contributed by atoms with Gasteiger partial charge in [-0.2, -0.15) is 5.10 Å². The van der Waals surface area contributed by atoms with Crippen molar-refractivity contribution in [2.45, 2.75) is 25.8 Å². The monoisotopic (exact) mass is 277 g/mol. The standard InChI is InChI=1S/C14H16ClN3O/c1-10-6-14(15)16-8-13(10)11-7-17-18(9-11)12-2-4-19-5-3-12/h6-9,12H,2-5H2,1H3. The fraction of sp³-hybridized carbons (Fsp3) is 0.429. The quantitative estimate of drug-likeness (QED) is 0.791. The van der Waals surface area contributed by atoms with Crippen LogP contribution in [-0.2, 0) is 4.74 Å². The van der Waals surface area contributed by atoms with Crippen LogP contribution < -0.4 is 0 Å². The molecule has 0 amide bonds. The maximum Gasteiger partial charge on any atom is 0.129 e. The highest BCUT2D eigenvalue weighted by atomic mass is 35.5. The van der Waals surface area contributed by atoms with Crippen molar-refractivity contribution in [1.29, 1.82) is 0 Å². The van der Waals surface area contributed by atoms with Gasteiger partial charge in [0.1, 0.15) is 5.15 Å². The highest BCUT2D eigenvalue weighted by Crippen LogP contribution is 2.27. The first-order valence-electron chi connectivity index (χ1n) is 6.48. The van der Waals surface area contributed by atoms with Crippen LogP contribution in [0.1, 0.15) is 24.4 Å². The molecule has 0 radical (unpaired) electrons. The molecule has 0 N–H and O–H groups in total. The summed E-state index contributed by atoms with van der Waals surface area (Å²) in [5.41, 5.74) is 3.29. The number of pyridine rings is 1. The maximum absolute atomic E-state index is 5.89. The van der Waals surface area contributed by atoms with E-state index >= 15 is 0 Å². The van der Waals surface area contributed by atoms with Crippen LogP contribution in [0.5, 0.6) is 0 Å². The van der Waals surface area contributed by atoms with E-state index in [-0.39, 0.29) is 0 Å². The Morgan fingerprint density at radius 1 is 1.32 bits per heavy atom. The van der Waals surface area contributed by atoms with Gasteiger partial charge >= 0.3 is 0 Å². The minimum atomic E-state index is 0.447. The average molecular weight is 278 g/mol. The molecule has 0 saturated carbocycles. The molecule has 0 bridgehead atoms. The van der Waals surface area contributed by atoms with E-state index in [0.29, 0.717) is 11.2 Å². The lowest BCUT2D eigenvalue weighted by molar-refractivity contribution is 0.0662. The van der Waals surface area contributed by atoms with Crippen molar-refractivity contribution in [3.05, 3.63) is 35.4 Å². The molecule has 0 unspecified atom stereocenters. The first kappa shape index (κ1) is 12.6. The van der Waals surface area contributed by atoms with Crippen LogP contribution in [-0.4, -0.2) is 28.0 Å². The molecular weight excluding hydrogens is 262 g/mol. The molecular formula is C14H16ClN3O. The zero-order valence-corrected chi connectivity index (χ0v) is 11.6. The van der Waals surface area contributed by atoms with Gasteiger partial charge in [-0.3, -0.25) is 4.68 Å². The van der Waals surface area contributed by atoms with Gasteiger partial charge in [-0.15, -0.1) is 0 Å². The zero-order valence-electron chi connectivity index (χ0n) is 10.8. The lowest BCUT2D eigenvalue weighted by atomic mass is 10.1. The first-order chi connectivity index (χ1) is 9.24. The Bertz CT molecular complexity index is 576. The van der Waals surface area contributed by atoms with Crippen LogP contribution in [0.15, 0.2) is 24.7 Å². The molecule has 5 heteroatoms. The van der Waals surface area contributed by atoms with Crippen molar-refractivity contribution in [3.63, 3.8) is 0 Å². The van der Waals surface area contributed by atoms with Crippen molar-refractivity contribution in [3.8, 4) is 11.1 Å². The van der Waals surface area contributed by atoms with Crippen molar-refractivity contribution in [2.24, 2.45) is 0 Å². The van der Waals surface area contributed by atoms with Gasteiger partial charge in [-0.05, 0) is 31.4 Å². The lowest BCUT2D eigenvalue weighted by Crippen LogP contribution is -2.19. The van der Waals surface area contributed by atoms with E-state index in [1.807, 2.05) is 30.1 Å². The summed E-state index contributed by atoms with van der Waals surface area (Å²) in [6, 6.07) is 2.32. The number of ether oxygens (including phenoxy) is 1. The molecule has 0 aliphatic carbocycles. The maximum atomic E-state index is 5.89. The van der Waals surface area contributed by atoms with E-state index in [1.165, 1.54) is 0 Å². The molecule has 1 aliphatic rings. The third kappa shape index (κ3) is 2.65. The Labute approximate surface area is 117 Å². The van der Waals surface area contributed by atoms with Gasteiger partial charge < -0.3 is 4.74 Å². The van der Waals surface area contributed by atoms with Crippen molar-refractivity contribution in [2.75, 3.05) is 13.2 Å². The number of hydrogen-bond acceptors (Lipinski definition) is 3. The van der Waals surface area contributed by atoms with Crippen LogP contribution in [0.4, 0.5) is 0 Å². The summed E-state index contributed by atoms with van der Waals surface area (Å²) in [6.45, 7) is 3.68. The van der Waals surface area contributed by atoms with E-state index in [1.54, 1.807) is 0 Å². The predicted molar refractivity (Wildman–Crippen MR) is 74.3 cm³/mol. The molecule has 2 aromatic heterocycles. The Morgan fingerprint density at radius 3 is 2.84 bits per heavy atom. The van der Waals surface area contributed by atoms with Crippen LogP contribution >= 0.6 is 11.6 Å². The molecule has 1 fully saturated rings. The number of aromatic nitrogens is 3. The largest absolute Gasteiger partial charge is 0.381 e. The van der Waals surface area contributed by atoms with E-state index in [4.69, 9.17) is 16.3 Å². The molecule has 0 aromatic carbocycles. The Hall–Kier alpha value is -1.39. The van der Waals surface area contributed by atoms with Gasteiger partial charge in [0.2, 0.25) is 0 Å². The lowest BCUT2D eigenvalue weighted by Gasteiger charge is -2.22. The molecule has 3 heterocycles. The molecule has 100 valence electrons. The summed E-state index contributed by atoms with van der Waals surface area (Å²) in [4.78, 5) is 4.15. The van der Waals surface area contributed by atoms with Gasteiger partial charge in [0.25, 0.3) is 0 Å². The predicted octanol–water partition coefficient (Wildman–Crippen LogP) is 3.26. The third-order valence-corrected chi connectivity index (χ3v) is 3.76. The van der Waals surface area contributed by atoms with E-state index in [2.05, 4.69) is 16.3 Å². The Kier molecular flexibility index (Phi) is 3.53. The van der Waals surface area contributed by atoms with Gasteiger partial charge in [0.15, 0.2) is 0 Å². The normalized spacial score (nSPS) is 16.7. The fourth-order valence-corrected chi connectivity index (χ4v) is 2.66. The molecule has 19 heavy (non-hydrogen) atoms. The second kappa shape index (κ2) is 5.31. The molecule has 0 spiro atoms. The molecule has 2 aromatic rings. The summed E-state index contributed by atoms with van der Waals surface area (Å²) in [6.07, 6.45) is 7.85. The zero-order chi connectivity index (χ0) is 13.2. The minimum Gasteiger partial charge on any atom is -0.381 e. The SMILES string of the molecule is Cc1cc(Cl)ncc1-c1cnn(C2CCOCC2)c1. The Balaban J connectivity index is 1.87. The first-order valence-corrected chi connectivity index (χ1v) is 6.86. The van der Waals surface area contributed by atoms with Crippen LogP contribution in [0.3, 0.4) is 0 Å². The van der Waals surface area contributed by atoms with Crippen LogP contribution in [0.25, 0.3) is 11.1 Å². The van der Waals surface area contributed by atoms with Crippen molar-refractivity contribution in [1.82, 2.24) is 14.8 Å². The second-order valence-electron chi connectivity index (χ2n) is 4.87. The summed E-state index contributed by atoms with van der Waals surface area (Å²) in [7, 11) is 0. The molecule has 1 saturated heterocycles. The molecule has 1 aliphatic heterocycles. The van der Waals surface area contributed by atoms with Gasteiger partial charge in [-0.25, -0.2) is 4.98 Å². The summed E-state index contributed by atoms with van der Waals surface area (Å²) < 4.78 is 7.43. The van der Waals surface area contributed by atoms with E-state index in [9.17, 15) is 0 Å². The molecule has 3 rings (SSSR count). The number of nitrogens with zero attached hydrogens (tertiary/aromatic N) is 3. The smallest absolute Gasteiger partial charge is 0.129 e. The topological polar surface area (TPSA) is 39.9 Å². The molecule has 4 nitrogen and oxygen atoms in total. The van der Waals surface area contributed by atoms with Crippen LogP contribution in [0, 0.1) is 6.92 Å². The number of aryl methyl sites for hydroxylation is 1. The van der Waals surface area contributed by atoms with Crippen LogP contribution in [0.2, 0.25) is 5.15 Å². The average Bonchev–Trinajstić information content (AvgIpc) is 2.89. The number of rotatable bonds is 2. The highest BCUT2D eigenvalue weighted by molar-refractivity contribution is 6.29. The summed E-state index contributed by atoms with van der Waals surface area (Å²) in [5, 5.41) is 5.01. The highest BCUT2D eigenvalue weighted by Gasteiger charge is 2.17. The third-order valence-electron chi connectivity index (χ3n) is 3.55. The second-order valence-corrected chi connectivity index (χ2v) is 5.26. The van der Waals surface area contributed by atoms with Crippen molar-refractivity contribution < 1.29 is 4.74 Å². The minimum absolute atomic E-state index is 0.447. The van der Waals surface area contributed by atoms with E-state index < -0.39 is 0 Å².